The molecule has 2 heteroatoms. The lowest BCUT2D eigenvalue weighted by Gasteiger charge is -2.07. The summed E-state index contributed by atoms with van der Waals surface area (Å²) in [6, 6.07) is 12.2. The van der Waals surface area contributed by atoms with Gasteiger partial charge in [-0.2, -0.15) is 0 Å². The Morgan fingerprint density at radius 1 is 0.625 bits per heavy atom. The smallest absolute Gasteiger partial charge is 0.0973 e. The molecule has 3 aromatic rings. The number of benzene rings is 2. The third-order valence-electron chi connectivity index (χ3n) is 3.72. The summed E-state index contributed by atoms with van der Waals surface area (Å²) in [5.74, 6) is 0. The largest absolute Gasteiger partial charge is 0.244 e. The van der Waals surface area contributed by atoms with Crippen molar-refractivity contribution < 1.29 is 0 Å². The normalized spacial score (nSPS) is 12.8. The summed E-state index contributed by atoms with van der Waals surface area (Å²) in [4.78, 5) is 9.71. The Balaban J connectivity index is 2.27. The first-order chi connectivity index (χ1) is 11.8. The Kier molecular flexibility index (Phi) is 4.97. The van der Waals surface area contributed by atoms with Crippen molar-refractivity contribution in [1.82, 2.24) is 9.97 Å². The molecule has 0 N–H and O–H groups in total. The van der Waals surface area contributed by atoms with E-state index in [1.165, 1.54) is 0 Å². The van der Waals surface area contributed by atoms with Crippen LogP contribution in [-0.2, 0) is 0 Å². The molecule has 0 spiro atoms. The number of para-hydroxylation sites is 2. The molecule has 2 nitrogen and oxygen atoms in total. The van der Waals surface area contributed by atoms with Gasteiger partial charge in [-0.25, -0.2) is 9.97 Å². The van der Waals surface area contributed by atoms with Crippen LogP contribution in [-0.4, -0.2) is 9.97 Å². The second-order valence-corrected chi connectivity index (χ2v) is 5.42. The molecular formula is C22H20N2. The van der Waals surface area contributed by atoms with Crippen molar-refractivity contribution in [3.63, 3.8) is 0 Å². The molecule has 0 atom stereocenters. The molecule has 0 saturated carbocycles. The lowest BCUT2D eigenvalue weighted by molar-refractivity contribution is 1.38. The van der Waals surface area contributed by atoms with E-state index >= 15 is 0 Å². The maximum atomic E-state index is 4.86. The molecule has 1 heterocycles. The fourth-order valence-electron chi connectivity index (χ4n) is 2.55. The quantitative estimate of drug-likeness (QED) is 0.438. The summed E-state index contributed by atoms with van der Waals surface area (Å²) >= 11 is 0. The van der Waals surface area contributed by atoms with Crippen LogP contribution >= 0.6 is 0 Å². The Morgan fingerprint density at radius 3 is 1.50 bits per heavy atom. The van der Waals surface area contributed by atoms with E-state index in [4.69, 9.17) is 9.97 Å². The molecule has 24 heavy (non-hydrogen) atoms. The Labute approximate surface area is 142 Å². The number of hydrogen-bond donors (Lipinski definition) is 0. The Bertz CT molecular complexity index is 896. The van der Waals surface area contributed by atoms with Gasteiger partial charge in [-0.15, -0.1) is 0 Å². The highest BCUT2D eigenvalue weighted by molar-refractivity contribution is 5.95. The van der Waals surface area contributed by atoms with E-state index in [1.54, 1.807) is 0 Å². The highest BCUT2D eigenvalue weighted by Crippen LogP contribution is 2.24. The van der Waals surface area contributed by atoms with Gasteiger partial charge >= 0.3 is 0 Å². The number of allylic oxidation sites excluding steroid dienone is 6. The summed E-state index contributed by atoms with van der Waals surface area (Å²) < 4.78 is 0. The predicted molar refractivity (Wildman–Crippen MR) is 105 cm³/mol. The summed E-state index contributed by atoms with van der Waals surface area (Å²) in [5.41, 5.74) is 5.84. The fraction of sp³-hybridized carbons (Fsp3) is 0.0909. The van der Waals surface area contributed by atoms with E-state index in [0.29, 0.717) is 0 Å². The summed E-state index contributed by atoms with van der Waals surface area (Å²) in [6.07, 6.45) is 16.3. The van der Waals surface area contributed by atoms with E-state index in [0.717, 1.165) is 33.2 Å². The molecule has 0 bridgehead atoms. The summed E-state index contributed by atoms with van der Waals surface area (Å²) in [5, 5.41) is 0. The number of rotatable bonds is 4. The van der Waals surface area contributed by atoms with Gasteiger partial charge in [-0.05, 0) is 26.0 Å². The van der Waals surface area contributed by atoms with Crippen LogP contribution in [0.25, 0.3) is 34.2 Å². The Morgan fingerprint density at radius 2 is 1.08 bits per heavy atom. The van der Waals surface area contributed by atoms with Crippen molar-refractivity contribution in [3.8, 4) is 0 Å². The van der Waals surface area contributed by atoms with Crippen LogP contribution in [0.3, 0.4) is 0 Å². The number of aromatic nitrogens is 2. The molecule has 1 aromatic heterocycles. The van der Waals surface area contributed by atoms with Gasteiger partial charge in [0.1, 0.15) is 0 Å². The van der Waals surface area contributed by atoms with Crippen LogP contribution in [0.2, 0.25) is 0 Å². The van der Waals surface area contributed by atoms with Gasteiger partial charge in [0, 0.05) is 11.1 Å². The number of hydrogen-bond acceptors (Lipinski definition) is 2. The van der Waals surface area contributed by atoms with Crippen LogP contribution in [0.15, 0.2) is 72.9 Å². The summed E-state index contributed by atoms with van der Waals surface area (Å²) in [6.45, 7) is 4.01. The molecule has 0 fully saturated rings. The maximum Gasteiger partial charge on any atom is 0.0973 e. The maximum absolute atomic E-state index is 4.86. The van der Waals surface area contributed by atoms with Crippen LogP contribution in [0, 0.1) is 0 Å². The second kappa shape index (κ2) is 7.51. The molecule has 0 aliphatic carbocycles. The zero-order valence-corrected chi connectivity index (χ0v) is 14.0. The molecule has 2 aromatic carbocycles. The third kappa shape index (κ3) is 3.33. The van der Waals surface area contributed by atoms with Crippen LogP contribution in [0.1, 0.15) is 25.0 Å². The van der Waals surface area contributed by atoms with Crippen LogP contribution in [0.5, 0.6) is 0 Å². The van der Waals surface area contributed by atoms with Gasteiger partial charge in [0.25, 0.3) is 0 Å². The molecule has 0 amide bonds. The Hall–Kier alpha value is -3.00. The topological polar surface area (TPSA) is 25.8 Å². The molecular weight excluding hydrogens is 292 g/mol. The van der Waals surface area contributed by atoms with Crippen molar-refractivity contribution in [2.45, 2.75) is 13.8 Å². The van der Waals surface area contributed by atoms with Crippen molar-refractivity contribution in [3.05, 3.63) is 84.0 Å². The van der Waals surface area contributed by atoms with Crippen molar-refractivity contribution in [2.24, 2.45) is 0 Å². The van der Waals surface area contributed by atoms with E-state index < -0.39 is 0 Å². The van der Waals surface area contributed by atoms with Gasteiger partial charge in [-0.3, -0.25) is 0 Å². The minimum Gasteiger partial charge on any atom is -0.244 e. The van der Waals surface area contributed by atoms with Crippen molar-refractivity contribution in [1.29, 1.82) is 0 Å². The van der Waals surface area contributed by atoms with Crippen molar-refractivity contribution in [2.75, 3.05) is 0 Å². The minimum absolute atomic E-state index is 0.917. The number of nitrogens with zero attached hydrogens (tertiary/aromatic N) is 2. The standard InChI is InChI=1S/C22H20N2/c1-3-5-7-11-17-15-16-18(12-8-6-4-2)22-21(17)23-19-13-9-10-14-20(19)24-22/h3-16H,1-2H3. The summed E-state index contributed by atoms with van der Waals surface area (Å²) in [7, 11) is 0. The van der Waals surface area contributed by atoms with Crippen LogP contribution < -0.4 is 0 Å². The van der Waals surface area contributed by atoms with Crippen LogP contribution in [0.4, 0.5) is 0 Å². The average Bonchev–Trinajstić information content (AvgIpc) is 2.62. The fourth-order valence-corrected chi connectivity index (χ4v) is 2.55. The molecule has 0 aliphatic heterocycles. The molecule has 0 unspecified atom stereocenters. The lowest BCUT2D eigenvalue weighted by atomic mass is 10.1. The molecule has 0 saturated heterocycles. The number of fused-ring (bicyclic) bond motifs is 2. The first kappa shape index (κ1) is 15.9. The zero-order valence-electron chi connectivity index (χ0n) is 14.0. The third-order valence-corrected chi connectivity index (χ3v) is 3.72. The molecule has 0 radical (unpaired) electrons. The highest BCUT2D eigenvalue weighted by Gasteiger charge is 2.08. The molecule has 118 valence electrons. The van der Waals surface area contributed by atoms with Gasteiger partial charge in [0.05, 0.1) is 22.1 Å². The second-order valence-electron chi connectivity index (χ2n) is 5.42. The van der Waals surface area contributed by atoms with E-state index in [1.807, 2.05) is 74.6 Å². The SMILES string of the molecule is CC=CC=Cc1ccc(C=CC=CC)c2nc3ccccc3nc12. The predicted octanol–water partition coefficient (Wildman–Crippen LogP) is 5.96. The van der Waals surface area contributed by atoms with Crippen molar-refractivity contribution >= 4 is 34.2 Å². The van der Waals surface area contributed by atoms with E-state index in [2.05, 4.69) is 24.3 Å². The van der Waals surface area contributed by atoms with Gasteiger partial charge in [0.2, 0.25) is 0 Å². The van der Waals surface area contributed by atoms with Gasteiger partial charge < -0.3 is 0 Å². The van der Waals surface area contributed by atoms with E-state index in [-0.39, 0.29) is 0 Å². The van der Waals surface area contributed by atoms with Gasteiger partial charge in [0.15, 0.2) is 0 Å². The first-order valence-electron chi connectivity index (χ1n) is 8.11. The molecule has 3 rings (SSSR count). The zero-order chi connectivity index (χ0) is 16.8. The van der Waals surface area contributed by atoms with E-state index in [9.17, 15) is 0 Å². The van der Waals surface area contributed by atoms with Gasteiger partial charge in [-0.1, -0.05) is 72.9 Å². The highest BCUT2D eigenvalue weighted by atomic mass is 14.8. The minimum atomic E-state index is 0.917. The lowest BCUT2D eigenvalue weighted by Crippen LogP contribution is -1.92. The monoisotopic (exact) mass is 312 g/mol. The molecule has 0 aliphatic rings. The average molecular weight is 312 g/mol. The first-order valence-corrected chi connectivity index (χ1v) is 8.11.